The van der Waals surface area contributed by atoms with Crippen LogP contribution in [0.4, 0.5) is 5.82 Å². The quantitative estimate of drug-likeness (QED) is 0.529. The molecule has 1 atom stereocenters. The normalized spacial score (nSPS) is 11.7. The van der Waals surface area contributed by atoms with Crippen molar-refractivity contribution in [2.75, 3.05) is 5.73 Å². The van der Waals surface area contributed by atoms with Gasteiger partial charge in [-0.05, 0) is 19.1 Å². The van der Waals surface area contributed by atoms with Crippen LogP contribution in [0.15, 0.2) is 35.6 Å². The number of rotatable bonds is 4. The summed E-state index contributed by atoms with van der Waals surface area (Å²) in [5.74, 6) is 0.0337. The Labute approximate surface area is 131 Å². The van der Waals surface area contributed by atoms with Gasteiger partial charge in [-0.15, -0.1) is 0 Å². The van der Waals surface area contributed by atoms with Crippen LogP contribution in [0.2, 0.25) is 5.02 Å². The molecule has 0 aliphatic heterocycles. The maximum Gasteiger partial charge on any atom is 0.190 e. The van der Waals surface area contributed by atoms with Crippen LogP contribution >= 0.6 is 23.4 Å². The van der Waals surface area contributed by atoms with E-state index in [1.54, 1.807) is 31.2 Å². The molecule has 0 unspecified atom stereocenters. The van der Waals surface area contributed by atoms with E-state index in [1.807, 2.05) is 6.07 Å². The minimum atomic E-state index is -0.393. The molecule has 1 heterocycles. The second kappa shape index (κ2) is 6.57. The number of halogens is 1. The van der Waals surface area contributed by atoms with Crippen LogP contribution in [-0.4, -0.2) is 21.0 Å². The Kier molecular flexibility index (Phi) is 4.78. The van der Waals surface area contributed by atoms with Gasteiger partial charge in [0, 0.05) is 10.6 Å². The number of anilines is 1. The fraction of sp³-hybridized carbons (Fsp3) is 0.143. The number of nitriles is 1. The summed E-state index contributed by atoms with van der Waals surface area (Å²) in [5, 5.41) is 9.24. The van der Waals surface area contributed by atoms with Crippen molar-refractivity contribution in [1.82, 2.24) is 9.97 Å². The number of aromatic nitrogens is 2. The Morgan fingerprint density at radius 1 is 1.52 bits per heavy atom. The maximum absolute atomic E-state index is 12.3. The van der Waals surface area contributed by atoms with Gasteiger partial charge in [-0.25, -0.2) is 9.97 Å². The van der Waals surface area contributed by atoms with Gasteiger partial charge in [0.05, 0.1) is 11.4 Å². The molecular weight excluding hydrogens is 308 g/mol. The Morgan fingerprint density at radius 2 is 2.29 bits per heavy atom. The van der Waals surface area contributed by atoms with Crippen LogP contribution in [-0.2, 0) is 0 Å². The van der Waals surface area contributed by atoms with Crippen LogP contribution < -0.4 is 5.73 Å². The lowest BCUT2D eigenvalue weighted by Crippen LogP contribution is -2.14. The number of nitrogens with zero attached hydrogens (tertiary/aromatic N) is 3. The molecule has 106 valence electrons. The standard InChI is InChI=1S/C14H11ClN4OS/c1-8(12(20)9-3-2-4-11(15)5-9)21-14-18-7-10(6-16)13(17)19-14/h2-5,7-8H,1H3,(H2,17,18,19)/t8-/m1/s1. The Morgan fingerprint density at radius 3 is 2.90 bits per heavy atom. The number of hydrogen-bond acceptors (Lipinski definition) is 6. The lowest BCUT2D eigenvalue weighted by molar-refractivity contribution is 0.0994. The molecule has 2 N–H and O–H groups in total. The summed E-state index contributed by atoms with van der Waals surface area (Å²) < 4.78 is 0. The van der Waals surface area contributed by atoms with Crippen molar-refractivity contribution < 1.29 is 4.79 Å². The molecule has 0 aliphatic carbocycles. The van der Waals surface area contributed by atoms with Crippen molar-refractivity contribution in [2.45, 2.75) is 17.3 Å². The van der Waals surface area contributed by atoms with Gasteiger partial charge in [0.15, 0.2) is 10.9 Å². The van der Waals surface area contributed by atoms with E-state index in [2.05, 4.69) is 9.97 Å². The zero-order valence-electron chi connectivity index (χ0n) is 11.1. The van der Waals surface area contributed by atoms with E-state index < -0.39 is 5.25 Å². The summed E-state index contributed by atoms with van der Waals surface area (Å²) in [6.07, 6.45) is 1.35. The summed E-state index contributed by atoms with van der Waals surface area (Å²) in [6, 6.07) is 8.65. The summed E-state index contributed by atoms with van der Waals surface area (Å²) in [5.41, 5.74) is 6.37. The van der Waals surface area contributed by atoms with Gasteiger partial charge in [0.2, 0.25) is 0 Å². The highest BCUT2D eigenvalue weighted by molar-refractivity contribution is 8.00. The van der Waals surface area contributed by atoms with Crippen LogP contribution in [0.25, 0.3) is 0 Å². The van der Waals surface area contributed by atoms with Gasteiger partial charge in [-0.3, -0.25) is 4.79 Å². The number of thioether (sulfide) groups is 1. The van der Waals surface area contributed by atoms with Crippen LogP contribution in [0, 0.1) is 11.3 Å². The lowest BCUT2D eigenvalue weighted by atomic mass is 10.1. The van der Waals surface area contributed by atoms with Crippen LogP contribution in [0.1, 0.15) is 22.8 Å². The third kappa shape index (κ3) is 3.72. The maximum atomic E-state index is 12.3. The number of benzene rings is 1. The van der Waals surface area contributed by atoms with Crippen molar-refractivity contribution >= 4 is 35.0 Å². The van der Waals surface area contributed by atoms with Crippen molar-refractivity contribution in [1.29, 1.82) is 5.26 Å². The van der Waals surface area contributed by atoms with E-state index in [0.717, 1.165) is 0 Å². The first-order valence-corrected chi connectivity index (χ1v) is 7.26. The second-order valence-corrected chi connectivity index (χ2v) is 5.94. The predicted octanol–water partition coefficient (Wildman–Crippen LogP) is 2.95. The van der Waals surface area contributed by atoms with Crippen molar-refractivity contribution in [3.05, 3.63) is 46.6 Å². The monoisotopic (exact) mass is 318 g/mol. The first kappa shape index (κ1) is 15.3. The highest BCUT2D eigenvalue weighted by atomic mass is 35.5. The molecule has 2 rings (SSSR count). The number of nitrogens with two attached hydrogens (primary N) is 1. The van der Waals surface area contributed by atoms with Gasteiger partial charge in [0.1, 0.15) is 17.5 Å². The SMILES string of the molecule is C[C@@H](Sc1ncc(C#N)c(N)n1)C(=O)c1cccc(Cl)c1. The van der Waals surface area contributed by atoms with E-state index >= 15 is 0 Å². The third-order valence-corrected chi connectivity index (χ3v) is 3.89. The largest absolute Gasteiger partial charge is 0.382 e. The summed E-state index contributed by atoms with van der Waals surface area (Å²) in [4.78, 5) is 20.3. The third-order valence-electron chi connectivity index (χ3n) is 2.68. The molecule has 0 bridgehead atoms. The number of carbonyl (C=O) groups excluding carboxylic acids is 1. The van der Waals surface area contributed by atoms with E-state index in [4.69, 9.17) is 22.6 Å². The number of Topliss-reactive ketones (excluding diaryl/α,β-unsaturated/α-hetero) is 1. The van der Waals surface area contributed by atoms with Gasteiger partial charge in [-0.1, -0.05) is 35.5 Å². The minimum Gasteiger partial charge on any atom is -0.382 e. The minimum absolute atomic E-state index is 0.0750. The lowest BCUT2D eigenvalue weighted by Gasteiger charge is -2.09. The second-order valence-electron chi connectivity index (χ2n) is 4.20. The van der Waals surface area contributed by atoms with Gasteiger partial charge in [-0.2, -0.15) is 5.26 Å². The summed E-state index contributed by atoms with van der Waals surface area (Å²) in [7, 11) is 0. The number of ketones is 1. The molecule has 5 nitrogen and oxygen atoms in total. The van der Waals surface area contributed by atoms with Gasteiger partial charge >= 0.3 is 0 Å². The molecule has 0 fully saturated rings. The van der Waals surface area contributed by atoms with Crippen molar-refractivity contribution in [2.24, 2.45) is 0 Å². The molecule has 2 aromatic rings. The fourth-order valence-electron chi connectivity index (χ4n) is 1.61. The van der Waals surface area contributed by atoms with Crippen LogP contribution in [0.5, 0.6) is 0 Å². The van der Waals surface area contributed by atoms with E-state index in [0.29, 0.717) is 15.7 Å². The van der Waals surface area contributed by atoms with E-state index in [1.165, 1.54) is 18.0 Å². The van der Waals surface area contributed by atoms with Gasteiger partial charge in [0.25, 0.3) is 0 Å². The molecule has 0 saturated carbocycles. The van der Waals surface area contributed by atoms with Crippen molar-refractivity contribution in [3.63, 3.8) is 0 Å². The average molecular weight is 319 g/mol. The van der Waals surface area contributed by atoms with Crippen LogP contribution in [0.3, 0.4) is 0 Å². The van der Waals surface area contributed by atoms with E-state index in [9.17, 15) is 4.79 Å². The Hall–Kier alpha value is -2.10. The van der Waals surface area contributed by atoms with E-state index in [-0.39, 0.29) is 17.2 Å². The Balaban J connectivity index is 2.14. The van der Waals surface area contributed by atoms with Gasteiger partial charge < -0.3 is 5.73 Å². The molecule has 7 heteroatoms. The highest BCUT2D eigenvalue weighted by Crippen LogP contribution is 2.24. The topological polar surface area (TPSA) is 92.7 Å². The highest BCUT2D eigenvalue weighted by Gasteiger charge is 2.18. The Bertz CT molecular complexity index is 729. The molecule has 0 saturated heterocycles. The zero-order valence-corrected chi connectivity index (χ0v) is 12.6. The molecule has 0 radical (unpaired) electrons. The summed E-state index contributed by atoms with van der Waals surface area (Å²) in [6.45, 7) is 1.76. The van der Waals surface area contributed by atoms with Crippen molar-refractivity contribution in [3.8, 4) is 6.07 Å². The summed E-state index contributed by atoms with van der Waals surface area (Å²) >= 11 is 7.06. The molecule has 0 spiro atoms. The molecular formula is C14H11ClN4OS. The molecule has 1 aromatic heterocycles. The number of carbonyl (C=O) groups is 1. The molecule has 21 heavy (non-hydrogen) atoms. The zero-order chi connectivity index (χ0) is 15.4. The molecule has 1 aromatic carbocycles. The number of nitrogen functional groups attached to an aromatic ring is 1. The number of hydrogen-bond donors (Lipinski definition) is 1. The molecule has 0 amide bonds. The fourth-order valence-corrected chi connectivity index (χ4v) is 2.62. The molecule has 0 aliphatic rings. The predicted molar refractivity (Wildman–Crippen MR) is 82.3 cm³/mol. The smallest absolute Gasteiger partial charge is 0.190 e. The average Bonchev–Trinajstić information content (AvgIpc) is 2.46. The first-order valence-electron chi connectivity index (χ1n) is 6.00. The first-order chi connectivity index (χ1) is 10.0.